The average molecular weight is 323 g/mol. The molecule has 124 valence electrons. The summed E-state index contributed by atoms with van der Waals surface area (Å²) in [5.74, 6) is 0.699. The van der Waals surface area contributed by atoms with Gasteiger partial charge in [-0.3, -0.25) is 4.79 Å². The fourth-order valence-electron chi connectivity index (χ4n) is 2.64. The molecule has 1 heterocycles. The molecule has 2 aromatic carbocycles. The Kier molecular flexibility index (Phi) is 4.96. The first-order valence-corrected chi connectivity index (χ1v) is 8.01. The van der Waals surface area contributed by atoms with Gasteiger partial charge >= 0.3 is 0 Å². The first kappa shape index (κ1) is 16.3. The minimum absolute atomic E-state index is 0.0463. The molecule has 0 saturated carbocycles. The van der Waals surface area contributed by atoms with Crippen molar-refractivity contribution in [3.63, 3.8) is 0 Å². The van der Waals surface area contributed by atoms with E-state index in [0.717, 1.165) is 18.5 Å². The third-order valence-corrected chi connectivity index (χ3v) is 3.92. The van der Waals surface area contributed by atoms with E-state index in [-0.39, 0.29) is 11.5 Å². The molecule has 1 unspecified atom stereocenters. The zero-order valence-corrected chi connectivity index (χ0v) is 13.9. The number of hydrogen-bond donors (Lipinski definition) is 0. The lowest BCUT2D eigenvalue weighted by atomic mass is 10.1. The predicted octanol–water partition coefficient (Wildman–Crippen LogP) is 3.86. The van der Waals surface area contributed by atoms with E-state index in [1.165, 1.54) is 12.3 Å². The number of benzene rings is 2. The Bertz CT molecular complexity index is 855. The monoisotopic (exact) mass is 323 g/mol. The van der Waals surface area contributed by atoms with Gasteiger partial charge in [0.2, 0.25) is 0 Å². The summed E-state index contributed by atoms with van der Waals surface area (Å²) in [4.78, 5) is 13.9. The van der Waals surface area contributed by atoms with E-state index in [1.54, 1.807) is 12.1 Å². The Labute approximate surface area is 141 Å². The molecule has 4 heteroatoms. The molecule has 1 atom stereocenters. The normalized spacial score (nSPS) is 12.5. The van der Waals surface area contributed by atoms with Crippen molar-refractivity contribution in [1.82, 2.24) is 4.90 Å². The van der Waals surface area contributed by atoms with E-state index in [1.807, 2.05) is 38.4 Å². The van der Waals surface area contributed by atoms with Gasteiger partial charge in [0.05, 0.1) is 11.6 Å². The van der Waals surface area contributed by atoms with Gasteiger partial charge in [0.25, 0.3) is 0 Å². The fraction of sp³-hybridized carbons (Fsp3) is 0.250. The molecule has 0 N–H and O–H groups in total. The van der Waals surface area contributed by atoms with Crippen LogP contribution in [0.3, 0.4) is 0 Å². The number of hydrogen-bond acceptors (Lipinski definition) is 4. The van der Waals surface area contributed by atoms with Gasteiger partial charge in [-0.25, -0.2) is 0 Å². The zero-order valence-electron chi connectivity index (χ0n) is 13.9. The van der Waals surface area contributed by atoms with Crippen molar-refractivity contribution in [2.75, 3.05) is 20.6 Å². The minimum atomic E-state index is -0.0542. The summed E-state index contributed by atoms with van der Waals surface area (Å²) in [6.07, 6.45) is 2.23. The van der Waals surface area contributed by atoms with Gasteiger partial charge in [0.1, 0.15) is 17.4 Å². The van der Waals surface area contributed by atoms with Gasteiger partial charge in [0, 0.05) is 25.1 Å². The highest BCUT2D eigenvalue weighted by Gasteiger charge is 2.14. The Balaban J connectivity index is 1.88. The van der Waals surface area contributed by atoms with Crippen LogP contribution in [0.4, 0.5) is 0 Å². The second-order valence-corrected chi connectivity index (χ2v) is 6.05. The van der Waals surface area contributed by atoms with E-state index in [0.29, 0.717) is 16.7 Å². The summed E-state index contributed by atoms with van der Waals surface area (Å²) in [5.41, 5.74) is 1.63. The van der Waals surface area contributed by atoms with Crippen LogP contribution in [0.1, 0.15) is 18.1 Å². The van der Waals surface area contributed by atoms with Crippen LogP contribution in [0.25, 0.3) is 11.0 Å². The van der Waals surface area contributed by atoms with Gasteiger partial charge in [-0.1, -0.05) is 30.3 Å². The molecule has 0 amide bonds. The summed E-state index contributed by atoms with van der Waals surface area (Å²) < 4.78 is 11.6. The SMILES string of the molecule is CN(C)CCC(Oc1ccc2c(=O)ccoc2c1)c1ccccc1. The summed E-state index contributed by atoms with van der Waals surface area (Å²) in [6.45, 7) is 0.919. The van der Waals surface area contributed by atoms with Gasteiger partial charge in [-0.15, -0.1) is 0 Å². The number of ether oxygens (including phenoxy) is 1. The van der Waals surface area contributed by atoms with Crippen molar-refractivity contribution in [3.05, 3.63) is 76.6 Å². The molecule has 0 aliphatic heterocycles. The van der Waals surface area contributed by atoms with Crippen LogP contribution in [0.5, 0.6) is 5.75 Å². The molecule has 0 aliphatic rings. The summed E-state index contributed by atoms with van der Waals surface area (Å²) in [6, 6.07) is 17.0. The second kappa shape index (κ2) is 7.32. The lowest BCUT2D eigenvalue weighted by molar-refractivity contribution is 0.179. The standard InChI is InChI=1S/C20H21NO3/c1-21(2)12-10-19(15-6-4-3-5-7-15)24-16-8-9-17-18(22)11-13-23-20(17)14-16/h3-9,11,13-14,19H,10,12H2,1-2H3. The molecule has 0 radical (unpaired) electrons. The molecule has 0 spiro atoms. The number of nitrogens with zero attached hydrogens (tertiary/aromatic N) is 1. The summed E-state index contributed by atoms with van der Waals surface area (Å²) >= 11 is 0. The molecule has 0 aliphatic carbocycles. The average Bonchev–Trinajstić information content (AvgIpc) is 2.59. The zero-order chi connectivity index (χ0) is 16.9. The lowest BCUT2D eigenvalue weighted by Crippen LogP contribution is -2.18. The van der Waals surface area contributed by atoms with Crippen LogP contribution in [-0.2, 0) is 0 Å². The van der Waals surface area contributed by atoms with Gasteiger partial charge in [-0.05, 0) is 31.8 Å². The van der Waals surface area contributed by atoms with Gasteiger partial charge in [-0.2, -0.15) is 0 Å². The molecule has 1 aromatic heterocycles. The van der Waals surface area contributed by atoms with Crippen LogP contribution < -0.4 is 10.2 Å². The summed E-state index contributed by atoms with van der Waals surface area (Å²) in [7, 11) is 4.10. The first-order valence-electron chi connectivity index (χ1n) is 8.01. The summed E-state index contributed by atoms with van der Waals surface area (Å²) in [5, 5.41) is 0.564. The van der Waals surface area contributed by atoms with Crippen molar-refractivity contribution in [3.8, 4) is 5.75 Å². The Morgan fingerprint density at radius 2 is 1.88 bits per heavy atom. The van der Waals surface area contributed by atoms with Crippen LogP contribution in [0, 0.1) is 0 Å². The molecule has 4 nitrogen and oxygen atoms in total. The minimum Gasteiger partial charge on any atom is -0.486 e. The van der Waals surface area contributed by atoms with Crippen LogP contribution >= 0.6 is 0 Å². The van der Waals surface area contributed by atoms with E-state index >= 15 is 0 Å². The first-order chi connectivity index (χ1) is 11.6. The Morgan fingerprint density at radius 1 is 1.08 bits per heavy atom. The Hall–Kier alpha value is -2.59. The topological polar surface area (TPSA) is 42.7 Å². The maximum atomic E-state index is 11.8. The van der Waals surface area contributed by atoms with Crippen LogP contribution in [0.15, 0.2) is 70.1 Å². The fourth-order valence-corrected chi connectivity index (χ4v) is 2.64. The number of fused-ring (bicyclic) bond motifs is 1. The molecule has 0 saturated heterocycles. The molecule has 3 aromatic rings. The smallest absolute Gasteiger partial charge is 0.192 e. The van der Waals surface area contributed by atoms with Crippen LogP contribution in [0.2, 0.25) is 0 Å². The maximum absolute atomic E-state index is 11.8. The Morgan fingerprint density at radius 3 is 2.62 bits per heavy atom. The molecule has 0 fully saturated rings. The van der Waals surface area contributed by atoms with Crippen LogP contribution in [-0.4, -0.2) is 25.5 Å². The molecule has 3 rings (SSSR count). The molecule has 24 heavy (non-hydrogen) atoms. The van der Waals surface area contributed by atoms with E-state index in [4.69, 9.17) is 9.15 Å². The van der Waals surface area contributed by atoms with Crippen molar-refractivity contribution in [1.29, 1.82) is 0 Å². The highest BCUT2D eigenvalue weighted by Crippen LogP contribution is 2.27. The van der Waals surface area contributed by atoms with Crippen molar-refractivity contribution >= 4 is 11.0 Å². The quantitative estimate of drug-likeness (QED) is 0.691. The number of rotatable bonds is 6. The molecular formula is C20H21NO3. The van der Waals surface area contributed by atoms with Gasteiger partial charge in [0.15, 0.2) is 5.43 Å². The van der Waals surface area contributed by atoms with E-state index < -0.39 is 0 Å². The van der Waals surface area contributed by atoms with Crippen molar-refractivity contribution in [2.45, 2.75) is 12.5 Å². The third kappa shape index (κ3) is 3.84. The maximum Gasteiger partial charge on any atom is 0.192 e. The second-order valence-electron chi connectivity index (χ2n) is 6.05. The van der Waals surface area contributed by atoms with E-state index in [2.05, 4.69) is 17.0 Å². The molecular weight excluding hydrogens is 302 g/mol. The highest BCUT2D eigenvalue weighted by atomic mass is 16.5. The van der Waals surface area contributed by atoms with Gasteiger partial charge < -0.3 is 14.1 Å². The predicted molar refractivity (Wildman–Crippen MR) is 95.5 cm³/mol. The van der Waals surface area contributed by atoms with Crippen molar-refractivity contribution in [2.24, 2.45) is 0 Å². The third-order valence-electron chi connectivity index (χ3n) is 3.92. The van der Waals surface area contributed by atoms with E-state index in [9.17, 15) is 4.79 Å². The highest BCUT2D eigenvalue weighted by molar-refractivity contribution is 5.77. The largest absolute Gasteiger partial charge is 0.486 e. The lowest BCUT2D eigenvalue weighted by Gasteiger charge is -2.21. The van der Waals surface area contributed by atoms with Crippen molar-refractivity contribution < 1.29 is 9.15 Å². The molecule has 0 bridgehead atoms.